The van der Waals surface area contributed by atoms with Crippen molar-refractivity contribution in [1.82, 2.24) is 0 Å². The monoisotopic (exact) mass is 408 g/mol. The van der Waals surface area contributed by atoms with Gasteiger partial charge >= 0.3 is 5.97 Å². The quantitative estimate of drug-likeness (QED) is 0.785. The molecule has 1 aliphatic heterocycles. The predicted molar refractivity (Wildman–Crippen MR) is 101 cm³/mol. The summed E-state index contributed by atoms with van der Waals surface area (Å²) in [7, 11) is 1.26. The zero-order chi connectivity index (χ0) is 19.6. The van der Waals surface area contributed by atoms with Gasteiger partial charge in [0.25, 0.3) is 5.91 Å². The maximum Gasteiger partial charge on any atom is 0.337 e. The Hall–Kier alpha value is -2.77. The Morgan fingerprint density at radius 1 is 1.15 bits per heavy atom. The van der Waals surface area contributed by atoms with Gasteiger partial charge in [0, 0.05) is 6.07 Å². The molecule has 0 saturated carbocycles. The lowest BCUT2D eigenvalue weighted by Gasteiger charge is -2.29. The summed E-state index contributed by atoms with van der Waals surface area (Å²) in [6.45, 7) is -0.520. The lowest BCUT2D eigenvalue weighted by molar-refractivity contribution is -0.123. The molecule has 2 aromatic rings. The van der Waals surface area contributed by atoms with Crippen molar-refractivity contribution >= 4 is 52.4 Å². The number of hydrogen-bond donors (Lipinski definition) is 1. The van der Waals surface area contributed by atoms with Gasteiger partial charge in [0.15, 0.2) is 6.61 Å². The van der Waals surface area contributed by atoms with E-state index in [0.717, 1.165) is 0 Å². The van der Waals surface area contributed by atoms with E-state index in [-0.39, 0.29) is 24.6 Å². The van der Waals surface area contributed by atoms with Crippen LogP contribution in [0.5, 0.6) is 5.75 Å². The van der Waals surface area contributed by atoms with Crippen molar-refractivity contribution in [3.05, 3.63) is 52.0 Å². The number of esters is 1. The average Bonchev–Trinajstić information content (AvgIpc) is 2.67. The molecule has 1 N–H and O–H groups in total. The van der Waals surface area contributed by atoms with Crippen LogP contribution in [0, 0.1) is 0 Å². The molecule has 1 aliphatic rings. The summed E-state index contributed by atoms with van der Waals surface area (Å²) < 4.78 is 10.1. The molecule has 0 saturated heterocycles. The number of nitrogens with zero attached hydrogens (tertiary/aromatic N) is 1. The molecule has 9 heteroatoms. The van der Waals surface area contributed by atoms with Crippen LogP contribution in [0.4, 0.5) is 11.4 Å². The fourth-order valence-corrected chi connectivity index (χ4v) is 2.82. The Labute approximate surface area is 164 Å². The maximum absolute atomic E-state index is 12.6. The van der Waals surface area contributed by atoms with Gasteiger partial charge in [-0.05, 0) is 30.3 Å². The number of carbonyl (C=O) groups excluding carboxylic acids is 3. The number of rotatable bonds is 4. The fraction of sp³-hybridized carbons (Fsp3) is 0.167. The zero-order valence-corrected chi connectivity index (χ0v) is 15.6. The highest BCUT2D eigenvalue weighted by molar-refractivity contribution is 6.42. The number of anilines is 2. The number of methoxy groups -OCH3 is 1. The number of nitrogens with one attached hydrogen (secondary N) is 1. The topological polar surface area (TPSA) is 84.9 Å². The molecule has 2 aromatic carbocycles. The molecule has 0 bridgehead atoms. The van der Waals surface area contributed by atoms with Crippen LogP contribution in [0.15, 0.2) is 36.4 Å². The summed E-state index contributed by atoms with van der Waals surface area (Å²) in [6, 6.07) is 9.15. The maximum atomic E-state index is 12.6. The van der Waals surface area contributed by atoms with E-state index in [9.17, 15) is 14.4 Å². The molecular formula is C18H14Cl2N2O5. The van der Waals surface area contributed by atoms with Crippen molar-refractivity contribution in [1.29, 1.82) is 0 Å². The molecule has 0 fully saturated rings. The minimum absolute atomic E-state index is 0.193. The summed E-state index contributed by atoms with van der Waals surface area (Å²) in [5.74, 6) is -0.993. The number of fused-ring (bicyclic) bond motifs is 1. The van der Waals surface area contributed by atoms with Gasteiger partial charge in [-0.2, -0.15) is 0 Å². The normalized spacial score (nSPS) is 12.9. The van der Waals surface area contributed by atoms with Gasteiger partial charge in [-0.15, -0.1) is 0 Å². The molecule has 0 aliphatic carbocycles. The molecule has 7 nitrogen and oxygen atoms in total. The molecule has 0 spiro atoms. The van der Waals surface area contributed by atoms with E-state index >= 15 is 0 Å². The van der Waals surface area contributed by atoms with E-state index in [4.69, 9.17) is 32.7 Å². The van der Waals surface area contributed by atoms with E-state index in [1.165, 1.54) is 30.2 Å². The highest BCUT2D eigenvalue weighted by atomic mass is 35.5. The zero-order valence-electron chi connectivity index (χ0n) is 14.1. The van der Waals surface area contributed by atoms with E-state index < -0.39 is 11.9 Å². The third-order valence-electron chi connectivity index (χ3n) is 3.84. The standard InChI is InChI=1S/C18H14Cl2N2O5/c1-26-18(25)10-2-5-14-15(6-10)22(8-16(23)21-14)17(24)9-27-11-3-4-12(19)13(20)7-11/h2-7H,8-9H2,1H3,(H,21,23). The Balaban J connectivity index is 1.81. The van der Waals surface area contributed by atoms with E-state index in [1.54, 1.807) is 18.2 Å². The van der Waals surface area contributed by atoms with Crippen LogP contribution in [-0.2, 0) is 14.3 Å². The molecule has 0 radical (unpaired) electrons. The van der Waals surface area contributed by atoms with Crippen LogP contribution in [0.25, 0.3) is 0 Å². The Bertz CT molecular complexity index is 932. The molecule has 1 heterocycles. The van der Waals surface area contributed by atoms with Crippen molar-refractivity contribution in [2.24, 2.45) is 0 Å². The Kier molecular flexibility index (Phi) is 5.53. The van der Waals surface area contributed by atoms with Gasteiger partial charge in [-0.3, -0.25) is 14.5 Å². The summed E-state index contributed by atoms with van der Waals surface area (Å²) in [6.07, 6.45) is 0. The van der Waals surface area contributed by atoms with Crippen LogP contribution in [0.1, 0.15) is 10.4 Å². The number of amides is 2. The van der Waals surface area contributed by atoms with Crippen molar-refractivity contribution in [3.63, 3.8) is 0 Å². The molecular weight excluding hydrogens is 395 g/mol. The van der Waals surface area contributed by atoms with Gasteiger partial charge in [0.1, 0.15) is 12.3 Å². The van der Waals surface area contributed by atoms with Crippen LogP contribution < -0.4 is 15.0 Å². The second-order valence-electron chi connectivity index (χ2n) is 5.62. The molecule has 3 rings (SSSR count). The molecule has 0 atom stereocenters. The highest BCUT2D eigenvalue weighted by Crippen LogP contribution is 2.31. The van der Waals surface area contributed by atoms with Crippen LogP contribution in [-0.4, -0.2) is 38.0 Å². The smallest absolute Gasteiger partial charge is 0.337 e. The summed E-state index contributed by atoms with van der Waals surface area (Å²) in [4.78, 5) is 37.5. The molecule has 140 valence electrons. The second kappa shape index (κ2) is 7.85. The highest BCUT2D eigenvalue weighted by Gasteiger charge is 2.28. The lowest BCUT2D eigenvalue weighted by Crippen LogP contribution is -2.44. The first-order valence-corrected chi connectivity index (χ1v) is 8.55. The van der Waals surface area contributed by atoms with Crippen molar-refractivity contribution in [2.45, 2.75) is 0 Å². The predicted octanol–water partition coefficient (Wildman–Crippen LogP) is 3.14. The molecule has 0 unspecified atom stereocenters. The van der Waals surface area contributed by atoms with Crippen molar-refractivity contribution in [2.75, 3.05) is 30.5 Å². The van der Waals surface area contributed by atoms with Crippen molar-refractivity contribution in [3.8, 4) is 5.75 Å². The number of benzene rings is 2. The largest absolute Gasteiger partial charge is 0.484 e. The Morgan fingerprint density at radius 2 is 1.93 bits per heavy atom. The van der Waals surface area contributed by atoms with Crippen LogP contribution >= 0.6 is 23.2 Å². The minimum atomic E-state index is -0.547. The first-order valence-electron chi connectivity index (χ1n) is 7.79. The molecule has 2 amide bonds. The summed E-state index contributed by atoms with van der Waals surface area (Å²) in [5, 5.41) is 3.32. The van der Waals surface area contributed by atoms with Gasteiger partial charge in [-0.1, -0.05) is 23.2 Å². The van der Waals surface area contributed by atoms with Gasteiger partial charge < -0.3 is 14.8 Å². The van der Waals surface area contributed by atoms with E-state index in [0.29, 0.717) is 27.2 Å². The van der Waals surface area contributed by atoms with Crippen LogP contribution in [0.3, 0.4) is 0 Å². The third kappa shape index (κ3) is 4.15. The first kappa shape index (κ1) is 19.0. The van der Waals surface area contributed by atoms with Gasteiger partial charge in [-0.25, -0.2) is 4.79 Å². The van der Waals surface area contributed by atoms with Crippen LogP contribution in [0.2, 0.25) is 10.0 Å². The molecule has 27 heavy (non-hydrogen) atoms. The number of ether oxygens (including phenoxy) is 2. The van der Waals surface area contributed by atoms with E-state index in [2.05, 4.69) is 5.32 Å². The SMILES string of the molecule is COC(=O)c1ccc2c(c1)N(C(=O)COc1ccc(Cl)c(Cl)c1)CC(=O)N2. The first-order chi connectivity index (χ1) is 12.9. The van der Waals surface area contributed by atoms with Crippen molar-refractivity contribution < 1.29 is 23.9 Å². The molecule has 0 aromatic heterocycles. The third-order valence-corrected chi connectivity index (χ3v) is 4.58. The lowest BCUT2D eigenvalue weighted by atomic mass is 10.1. The fourth-order valence-electron chi connectivity index (χ4n) is 2.54. The number of hydrogen-bond acceptors (Lipinski definition) is 5. The van der Waals surface area contributed by atoms with Gasteiger partial charge in [0.2, 0.25) is 5.91 Å². The second-order valence-corrected chi connectivity index (χ2v) is 6.43. The van der Waals surface area contributed by atoms with E-state index in [1.807, 2.05) is 0 Å². The summed E-state index contributed by atoms with van der Waals surface area (Å²) >= 11 is 11.8. The minimum Gasteiger partial charge on any atom is -0.484 e. The average molecular weight is 409 g/mol. The van der Waals surface area contributed by atoms with Gasteiger partial charge in [0.05, 0.1) is 34.1 Å². The number of carbonyl (C=O) groups is 3. The Morgan fingerprint density at radius 3 is 2.63 bits per heavy atom. The number of halogens is 2. The summed E-state index contributed by atoms with van der Waals surface area (Å²) in [5.41, 5.74) is 1.07.